The summed E-state index contributed by atoms with van der Waals surface area (Å²) in [5, 5.41) is 13.3. The zero-order valence-corrected chi connectivity index (χ0v) is 10.6. The van der Waals surface area contributed by atoms with Crippen LogP contribution in [-0.4, -0.2) is 10.7 Å². The largest absolute Gasteiger partial charge is 0.362 e. The fourth-order valence-corrected chi connectivity index (χ4v) is 1.14. The topological polar surface area (TPSA) is 72.2 Å². The molecule has 5 nitrogen and oxygen atoms in total. The Balaban J connectivity index is 2.62. The van der Waals surface area contributed by atoms with Crippen molar-refractivity contribution in [3.8, 4) is 0 Å². The minimum atomic E-state index is -0.456. The van der Waals surface area contributed by atoms with Crippen molar-refractivity contribution in [2.75, 3.05) is 5.32 Å². The molecule has 1 aromatic carbocycles. The van der Waals surface area contributed by atoms with Gasteiger partial charge in [0.25, 0.3) is 5.69 Å². The van der Waals surface area contributed by atoms with Crippen LogP contribution in [0.1, 0.15) is 20.8 Å². The molecule has 0 bridgehead atoms. The summed E-state index contributed by atoms with van der Waals surface area (Å²) in [6.45, 7) is 5.52. The van der Waals surface area contributed by atoms with Gasteiger partial charge in [-0.2, -0.15) is 0 Å². The number of nitro groups is 1. The molecule has 0 spiro atoms. The van der Waals surface area contributed by atoms with E-state index in [4.69, 9.17) is 0 Å². The van der Waals surface area contributed by atoms with E-state index in [1.54, 1.807) is 12.1 Å². The van der Waals surface area contributed by atoms with Crippen LogP contribution in [0, 0.1) is 15.5 Å². The first-order chi connectivity index (χ1) is 8.30. The molecule has 1 N–H and O–H groups in total. The molecule has 0 saturated heterocycles. The molecule has 0 amide bonds. The molecule has 0 saturated carbocycles. The summed E-state index contributed by atoms with van der Waals surface area (Å²) in [4.78, 5) is 21.6. The van der Waals surface area contributed by atoms with Crippen LogP contribution in [-0.2, 0) is 4.79 Å². The van der Waals surface area contributed by atoms with Crippen LogP contribution < -0.4 is 5.32 Å². The lowest BCUT2D eigenvalue weighted by atomic mass is 9.91. The van der Waals surface area contributed by atoms with Gasteiger partial charge in [0.15, 0.2) is 5.78 Å². The molecule has 1 aromatic rings. The highest BCUT2D eigenvalue weighted by atomic mass is 16.6. The maximum atomic E-state index is 11.6. The molecule has 0 aliphatic carbocycles. The Morgan fingerprint density at radius 1 is 1.28 bits per heavy atom. The van der Waals surface area contributed by atoms with Gasteiger partial charge in [0.1, 0.15) is 0 Å². The molecule has 5 heteroatoms. The van der Waals surface area contributed by atoms with Crippen LogP contribution >= 0.6 is 0 Å². The van der Waals surface area contributed by atoms with Crippen molar-refractivity contribution >= 4 is 17.2 Å². The van der Waals surface area contributed by atoms with Gasteiger partial charge in [-0.1, -0.05) is 20.8 Å². The highest BCUT2D eigenvalue weighted by molar-refractivity contribution is 5.94. The second-order valence-corrected chi connectivity index (χ2v) is 4.90. The van der Waals surface area contributed by atoms with E-state index in [2.05, 4.69) is 5.32 Å². The summed E-state index contributed by atoms with van der Waals surface area (Å²) < 4.78 is 0. The van der Waals surface area contributed by atoms with Crippen LogP contribution in [0.5, 0.6) is 0 Å². The predicted octanol–water partition coefficient (Wildman–Crippen LogP) is 3.14. The first kappa shape index (κ1) is 13.9. The first-order valence-corrected chi connectivity index (χ1v) is 5.52. The Morgan fingerprint density at radius 2 is 1.83 bits per heavy atom. The van der Waals surface area contributed by atoms with Gasteiger partial charge in [-0.3, -0.25) is 14.9 Å². The van der Waals surface area contributed by atoms with Crippen molar-refractivity contribution in [2.45, 2.75) is 20.8 Å². The van der Waals surface area contributed by atoms with Gasteiger partial charge < -0.3 is 5.32 Å². The number of carbonyl (C=O) groups is 1. The molecule has 0 radical (unpaired) electrons. The monoisotopic (exact) mass is 248 g/mol. The number of nitrogens with one attached hydrogen (secondary N) is 1. The second kappa shape index (κ2) is 5.44. The van der Waals surface area contributed by atoms with Gasteiger partial charge in [-0.15, -0.1) is 0 Å². The average Bonchev–Trinajstić information content (AvgIpc) is 2.28. The molecule has 0 aliphatic heterocycles. The molecule has 18 heavy (non-hydrogen) atoms. The number of ketones is 1. The van der Waals surface area contributed by atoms with Gasteiger partial charge in [0.2, 0.25) is 0 Å². The molecule has 0 heterocycles. The number of nitrogens with zero attached hydrogens (tertiary/aromatic N) is 1. The fourth-order valence-electron chi connectivity index (χ4n) is 1.14. The van der Waals surface area contributed by atoms with Gasteiger partial charge >= 0.3 is 0 Å². The molecule has 1 rings (SSSR count). The minimum absolute atomic E-state index is 0.0110. The third-order valence-corrected chi connectivity index (χ3v) is 2.30. The summed E-state index contributed by atoms with van der Waals surface area (Å²) >= 11 is 0. The molecular formula is C13H16N2O3. The Hall–Kier alpha value is -2.17. The van der Waals surface area contributed by atoms with Crippen molar-refractivity contribution < 1.29 is 9.72 Å². The van der Waals surface area contributed by atoms with Gasteiger partial charge in [0.05, 0.1) is 4.92 Å². The van der Waals surface area contributed by atoms with E-state index in [1.165, 1.54) is 24.4 Å². The van der Waals surface area contributed by atoms with Crippen molar-refractivity contribution in [2.24, 2.45) is 5.41 Å². The minimum Gasteiger partial charge on any atom is -0.362 e. The summed E-state index contributed by atoms with van der Waals surface area (Å²) in [5.74, 6) is 0.0110. The first-order valence-electron chi connectivity index (χ1n) is 5.52. The molecule has 0 unspecified atom stereocenters. The molecule has 0 aromatic heterocycles. The van der Waals surface area contributed by atoms with E-state index < -0.39 is 10.3 Å². The Kier molecular flexibility index (Phi) is 4.20. The van der Waals surface area contributed by atoms with Crippen molar-refractivity contribution in [3.63, 3.8) is 0 Å². The zero-order valence-electron chi connectivity index (χ0n) is 10.6. The van der Waals surface area contributed by atoms with Crippen molar-refractivity contribution in [1.82, 2.24) is 0 Å². The van der Waals surface area contributed by atoms with E-state index in [-0.39, 0.29) is 11.5 Å². The lowest BCUT2D eigenvalue weighted by Gasteiger charge is -2.12. The lowest BCUT2D eigenvalue weighted by molar-refractivity contribution is -0.384. The van der Waals surface area contributed by atoms with Crippen LogP contribution in [0.25, 0.3) is 0 Å². The number of non-ortho nitro benzene ring substituents is 1. The molecule has 0 fully saturated rings. The van der Waals surface area contributed by atoms with Crippen LogP contribution in [0.2, 0.25) is 0 Å². The number of benzene rings is 1. The Labute approximate surface area is 106 Å². The number of allylic oxidation sites excluding steroid dienone is 1. The summed E-state index contributed by atoms with van der Waals surface area (Å²) in [6, 6.07) is 5.98. The Morgan fingerprint density at radius 3 is 2.28 bits per heavy atom. The molecule has 0 aliphatic rings. The third kappa shape index (κ3) is 4.01. The number of nitro benzene ring substituents is 1. The maximum absolute atomic E-state index is 11.6. The van der Waals surface area contributed by atoms with Crippen molar-refractivity contribution in [3.05, 3.63) is 46.7 Å². The third-order valence-electron chi connectivity index (χ3n) is 2.30. The number of hydrogen-bond donors (Lipinski definition) is 1. The predicted molar refractivity (Wildman–Crippen MR) is 70.3 cm³/mol. The SMILES string of the molecule is CC(C)(C)C(=O)C=CNc1ccc([N+](=O)[O-])cc1. The maximum Gasteiger partial charge on any atom is 0.269 e. The van der Waals surface area contributed by atoms with Crippen LogP contribution in [0.15, 0.2) is 36.5 Å². The average molecular weight is 248 g/mol. The van der Waals surface area contributed by atoms with Crippen LogP contribution in [0.4, 0.5) is 11.4 Å². The standard InChI is InChI=1S/C13H16N2O3/c1-13(2,3)12(16)8-9-14-10-4-6-11(7-5-10)15(17)18/h4-9,14H,1-3H3. The zero-order chi connectivity index (χ0) is 13.8. The molecule has 96 valence electrons. The highest BCUT2D eigenvalue weighted by Gasteiger charge is 2.17. The van der Waals surface area contributed by atoms with Gasteiger partial charge in [0, 0.05) is 29.4 Å². The smallest absolute Gasteiger partial charge is 0.269 e. The van der Waals surface area contributed by atoms with E-state index in [0.29, 0.717) is 5.69 Å². The summed E-state index contributed by atoms with van der Waals surface area (Å²) in [6.07, 6.45) is 3.00. The lowest BCUT2D eigenvalue weighted by Crippen LogP contribution is -2.17. The fraction of sp³-hybridized carbons (Fsp3) is 0.308. The normalized spacial score (nSPS) is 11.5. The van der Waals surface area contributed by atoms with Gasteiger partial charge in [-0.25, -0.2) is 0 Å². The number of anilines is 1. The number of hydrogen-bond acceptors (Lipinski definition) is 4. The molecular weight excluding hydrogens is 232 g/mol. The highest BCUT2D eigenvalue weighted by Crippen LogP contribution is 2.17. The van der Waals surface area contributed by atoms with E-state index in [0.717, 1.165) is 0 Å². The summed E-state index contributed by atoms with van der Waals surface area (Å²) in [7, 11) is 0. The Bertz CT molecular complexity index is 470. The van der Waals surface area contributed by atoms with E-state index >= 15 is 0 Å². The van der Waals surface area contributed by atoms with Crippen molar-refractivity contribution in [1.29, 1.82) is 0 Å². The summed E-state index contributed by atoms with van der Waals surface area (Å²) in [5.41, 5.74) is 0.321. The van der Waals surface area contributed by atoms with Gasteiger partial charge in [-0.05, 0) is 18.2 Å². The quantitative estimate of drug-likeness (QED) is 0.504. The number of carbonyl (C=O) groups excluding carboxylic acids is 1. The number of rotatable bonds is 4. The van der Waals surface area contributed by atoms with E-state index in [9.17, 15) is 14.9 Å². The van der Waals surface area contributed by atoms with E-state index in [1.807, 2.05) is 20.8 Å². The van der Waals surface area contributed by atoms with Crippen LogP contribution in [0.3, 0.4) is 0 Å². The molecule has 0 atom stereocenters. The second-order valence-electron chi connectivity index (χ2n) is 4.90.